The van der Waals surface area contributed by atoms with Crippen LogP contribution in [0.5, 0.6) is 5.75 Å². The zero-order valence-electron chi connectivity index (χ0n) is 16.4. The van der Waals surface area contributed by atoms with E-state index in [1.54, 1.807) is 24.3 Å². The Morgan fingerprint density at radius 1 is 1.03 bits per heavy atom. The van der Waals surface area contributed by atoms with E-state index in [1.165, 1.54) is 13.2 Å². The van der Waals surface area contributed by atoms with Crippen LogP contribution in [0, 0.1) is 0 Å². The van der Waals surface area contributed by atoms with Crippen LogP contribution in [0.4, 0.5) is 11.4 Å². The molecule has 0 saturated carbocycles. The summed E-state index contributed by atoms with van der Waals surface area (Å²) in [6.07, 6.45) is 1.08. The van der Waals surface area contributed by atoms with Crippen molar-refractivity contribution >= 4 is 43.1 Å². The van der Waals surface area contributed by atoms with E-state index in [0.717, 1.165) is 28.0 Å². The summed E-state index contributed by atoms with van der Waals surface area (Å²) >= 11 is 0. The number of ether oxygens (including phenoxy) is 1. The average molecular weight is 424 g/mol. The number of sulfonamides is 1. The Balaban J connectivity index is 1.73. The molecule has 4 aromatic rings. The molecular weight excluding hydrogens is 404 g/mol. The lowest BCUT2D eigenvalue weighted by Gasteiger charge is -2.14. The number of methoxy groups -OCH3 is 1. The van der Waals surface area contributed by atoms with E-state index in [0.29, 0.717) is 29.3 Å². The van der Waals surface area contributed by atoms with E-state index in [4.69, 9.17) is 9.15 Å². The monoisotopic (exact) mass is 424 g/mol. The molecule has 154 valence electrons. The lowest BCUT2D eigenvalue weighted by Crippen LogP contribution is -2.11. The number of nitrogens with one attached hydrogen (secondary N) is 2. The van der Waals surface area contributed by atoms with Crippen LogP contribution >= 0.6 is 0 Å². The van der Waals surface area contributed by atoms with Crippen molar-refractivity contribution in [2.24, 2.45) is 0 Å². The van der Waals surface area contributed by atoms with Gasteiger partial charge in [0.1, 0.15) is 11.3 Å². The Kier molecular flexibility index (Phi) is 5.09. The van der Waals surface area contributed by atoms with Crippen LogP contribution in [0.15, 0.2) is 69.9 Å². The SMILES string of the molecule is COc1ccc(NCc2cc(=O)oc3ccc4ccccc4c23)cc1NS(C)(=O)=O. The maximum Gasteiger partial charge on any atom is 0.336 e. The summed E-state index contributed by atoms with van der Waals surface area (Å²) < 4.78 is 36.3. The van der Waals surface area contributed by atoms with Crippen LogP contribution in [0.2, 0.25) is 0 Å². The van der Waals surface area contributed by atoms with Crippen molar-refractivity contribution in [3.63, 3.8) is 0 Å². The lowest BCUT2D eigenvalue weighted by atomic mass is 10.0. The minimum Gasteiger partial charge on any atom is -0.495 e. The second kappa shape index (κ2) is 7.72. The third-order valence-electron chi connectivity index (χ3n) is 4.69. The van der Waals surface area contributed by atoms with Crippen molar-refractivity contribution in [3.05, 3.63) is 76.6 Å². The van der Waals surface area contributed by atoms with Crippen LogP contribution in [0.3, 0.4) is 0 Å². The minimum atomic E-state index is -3.46. The maximum atomic E-state index is 12.1. The van der Waals surface area contributed by atoms with Gasteiger partial charge in [-0.25, -0.2) is 13.2 Å². The van der Waals surface area contributed by atoms with Crippen molar-refractivity contribution in [1.82, 2.24) is 0 Å². The van der Waals surface area contributed by atoms with E-state index in [9.17, 15) is 13.2 Å². The Bertz CT molecular complexity index is 1410. The van der Waals surface area contributed by atoms with Crippen LogP contribution in [-0.2, 0) is 16.6 Å². The topological polar surface area (TPSA) is 97.6 Å². The van der Waals surface area contributed by atoms with Gasteiger partial charge in [0.2, 0.25) is 10.0 Å². The highest BCUT2D eigenvalue weighted by atomic mass is 32.2. The largest absolute Gasteiger partial charge is 0.495 e. The maximum absolute atomic E-state index is 12.1. The number of hydrogen-bond acceptors (Lipinski definition) is 6. The molecule has 0 unspecified atom stereocenters. The third kappa shape index (κ3) is 4.08. The first kappa shape index (κ1) is 19.8. The first-order chi connectivity index (χ1) is 14.3. The molecule has 2 N–H and O–H groups in total. The van der Waals surface area contributed by atoms with Crippen LogP contribution in [-0.4, -0.2) is 21.8 Å². The van der Waals surface area contributed by atoms with Crippen molar-refractivity contribution in [3.8, 4) is 5.75 Å². The van der Waals surface area contributed by atoms with Gasteiger partial charge in [0, 0.05) is 23.7 Å². The molecule has 0 aliphatic carbocycles. The second-order valence-corrected chi connectivity index (χ2v) is 8.64. The number of hydrogen-bond donors (Lipinski definition) is 2. The predicted molar refractivity (Wildman–Crippen MR) is 119 cm³/mol. The van der Waals surface area contributed by atoms with Gasteiger partial charge >= 0.3 is 5.63 Å². The molecule has 0 aliphatic heterocycles. The van der Waals surface area contributed by atoms with Crippen molar-refractivity contribution in [2.45, 2.75) is 6.54 Å². The van der Waals surface area contributed by atoms with E-state index < -0.39 is 15.6 Å². The Morgan fingerprint density at radius 2 is 1.83 bits per heavy atom. The molecule has 8 heteroatoms. The molecular formula is C22H20N2O5S. The zero-order valence-corrected chi connectivity index (χ0v) is 17.2. The molecule has 0 saturated heterocycles. The van der Waals surface area contributed by atoms with Crippen molar-refractivity contribution in [1.29, 1.82) is 0 Å². The molecule has 3 aromatic carbocycles. The molecule has 0 aliphatic rings. The molecule has 0 radical (unpaired) electrons. The van der Waals surface area contributed by atoms with Gasteiger partial charge < -0.3 is 14.5 Å². The van der Waals surface area contributed by atoms with Gasteiger partial charge in [-0.15, -0.1) is 0 Å². The molecule has 4 rings (SSSR count). The first-order valence-corrected chi connectivity index (χ1v) is 11.1. The Hall–Kier alpha value is -3.52. The van der Waals surface area contributed by atoms with E-state index in [-0.39, 0.29) is 0 Å². The standard InChI is InChI=1S/C22H20N2O5S/c1-28-19-10-8-16(12-18(19)24-30(2,26)27)23-13-15-11-21(25)29-20-9-7-14-5-3-4-6-17(14)22(15)20/h3-12,23-24H,13H2,1-2H3. The molecule has 30 heavy (non-hydrogen) atoms. The molecule has 1 aromatic heterocycles. The highest BCUT2D eigenvalue weighted by Crippen LogP contribution is 2.30. The highest BCUT2D eigenvalue weighted by molar-refractivity contribution is 7.92. The number of benzene rings is 3. The summed E-state index contributed by atoms with van der Waals surface area (Å²) in [5.41, 5.74) is 1.87. The van der Waals surface area contributed by atoms with Gasteiger partial charge in [-0.2, -0.15) is 0 Å². The molecule has 1 heterocycles. The molecule has 0 bridgehead atoms. The smallest absolute Gasteiger partial charge is 0.336 e. The fourth-order valence-electron chi connectivity index (χ4n) is 3.45. The predicted octanol–water partition coefficient (Wildman–Crippen LogP) is 3.94. The Morgan fingerprint density at radius 3 is 2.60 bits per heavy atom. The fourth-order valence-corrected chi connectivity index (χ4v) is 4.01. The van der Waals surface area contributed by atoms with Gasteiger partial charge in [-0.3, -0.25) is 4.72 Å². The van der Waals surface area contributed by atoms with Crippen LogP contribution in [0.25, 0.3) is 21.7 Å². The number of anilines is 2. The second-order valence-electron chi connectivity index (χ2n) is 6.89. The van der Waals surface area contributed by atoms with Gasteiger partial charge in [0.25, 0.3) is 0 Å². The minimum absolute atomic E-state index is 0.327. The Labute approximate surface area is 173 Å². The summed E-state index contributed by atoms with van der Waals surface area (Å²) in [5, 5.41) is 6.15. The first-order valence-electron chi connectivity index (χ1n) is 9.18. The summed E-state index contributed by atoms with van der Waals surface area (Å²) in [6, 6.07) is 18.2. The van der Waals surface area contributed by atoms with Gasteiger partial charge in [-0.1, -0.05) is 30.3 Å². The van der Waals surface area contributed by atoms with Crippen molar-refractivity contribution in [2.75, 3.05) is 23.4 Å². The van der Waals surface area contributed by atoms with E-state index in [2.05, 4.69) is 10.0 Å². The lowest BCUT2D eigenvalue weighted by molar-refractivity contribution is 0.417. The fraction of sp³-hybridized carbons (Fsp3) is 0.136. The van der Waals surface area contributed by atoms with Gasteiger partial charge in [0.05, 0.1) is 19.1 Å². The highest BCUT2D eigenvalue weighted by Gasteiger charge is 2.12. The van der Waals surface area contributed by atoms with Crippen molar-refractivity contribution < 1.29 is 17.6 Å². The third-order valence-corrected chi connectivity index (χ3v) is 5.28. The summed E-state index contributed by atoms with van der Waals surface area (Å²) in [5.74, 6) is 0.405. The summed E-state index contributed by atoms with van der Waals surface area (Å²) in [6.45, 7) is 0.348. The van der Waals surface area contributed by atoms with Crippen LogP contribution in [0.1, 0.15) is 5.56 Å². The number of fused-ring (bicyclic) bond motifs is 3. The normalized spacial score (nSPS) is 11.5. The van der Waals surface area contributed by atoms with E-state index in [1.807, 2.05) is 30.3 Å². The quantitative estimate of drug-likeness (QED) is 0.359. The molecule has 7 nitrogen and oxygen atoms in total. The van der Waals surface area contributed by atoms with Gasteiger partial charge in [0.15, 0.2) is 0 Å². The molecule has 0 spiro atoms. The summed E-state index contributed by atoms with van der Waals surface area (Å²) in [4.78, 5) is 12.1. The molecule has 0 fully saturated rings. The average Bonchev–Trinajstić information content (AvgIpc) is 2.70. The van der Waals surface area contributed by atoms with Crippen LogP contribution < -0.4 is 20.4 Å². The van der Waals surface area contributed by atoms with Gasteiger partial charge in [-0.05, 0) is 40.6 Å². The number of rotatable bonds is 6. The zero-order chi connectivity index (χ0) is 21.3. The molecule has 0 amide bonds. The molecule has 0 atom stereocenters. The summed E-state index contributed by atoms with van der Waals surface area (Å²) in [7, 11) is -2.00. The van der Waals surface area contributed by atoms with E-state index >= 15 is 0 Å².